The van der Waals surface area contributed by atoms with Crippen LogP contribution in [-0.2, 0) is 16.0 Å². The second-order valence-electron chi connectivity index (χ2n) is 4.51. The Morgan fingerprint density at radius 2 is 2.25 bits per heavy atom. The molecule has 0 spiro atoms. The van der Waals surface area contributed by atoms with Crippen LogP contribution in [0.3, 0.4) is 0 Å². The molecule has 0 saturated carbocycles. The van der Waals surface area contributed by atoms with Gasteiger partial charge in [0.05, 0.1) is 37.1 Å². The maximum absolute atomic E-state index is 11.4. The molecule has 9 heteroatoms. The molecule has 0 radical (unpaired) electrons. The molecule has 24 heavy (non-hydrogen) atoms. The Hall–Kier alpha value is -1.83. The number of methoxy groups -OCH3 is 1. The van der Waals surface area contributed by atoms with Crippen molar-refractivity contribution in [1.82, 2.24) is 4.98 Å². The first-order valence-corrected chi connectivity index (χ1v) is 8.59. The summed E-state index contributed by atoms with van der Waals surface area (Å²) in [7, 11) is 1.52. The maximum atomic E-state index is 11.4. The third kappa shape index (κ3) is 5.09. The molecule has 1 aromatic carbocycles. The van der Waals surface area contributed by atoms with Crippen LogP contribution in [0.2, 0.25) is 10.0 Å². The summed E-state index contributed by atoms with van der Waals surface area (Å²) < 4.78 is 10.1. The van der Waals surface area contributed by atoms with Crippen LogP contribution < -0.4 is 10.2 Å². The third-order valence-corrected chi connectivity index (χ3v) is 4.08. The summed E-state index contributed by atoms with van der Waals surface area (Å²) in [6.45, 7) is 2.11. The van der Waals surface area contributed by atoms with Gasteiger partial charge in [-0.1, -0.05) is 23.2 Å². The fourth-order valence-corrected chi connectivity index (χ4v) is 3.09. The Balaban J connectivity index is 2.02. The molecule has 1 heterocycles. The van der Waals surface area contributed by atoms with Gasteiger partial charge >= 0.3 is 5.97 Å². The molecule has 0 fully saturated rings. The van der Waals surface area contributed by atoms with Crippen LogP contribution in [0.15, 0.2) is 22.6 Å². The summed E-state index contributed by atoms with van der Waals surface area (Å²) in [6, 6.07) is 3.28. The molecule has 6 nitrogen and oxygen atoms in total. The number of benzene rings is 1. The number of carbonyl (C=O) groups excluding carboxylic acids is 1. The Bertz CT molecular complexity index is 750. The number of hydrazone groups is 1. The van der Waals surface area contributed by atoms with Crippen molar-refractivity contribution in [2.24, 2.45) is 5.10 Å². The molecular weight excluding hydrogens is 373 g/mol. The number of halogens is 2. The number of esters is 1. The molecule has 2 rings (SSSR count). The minimum absolute atomic E-state index is 0.132. The minimum atomic E-state index is -0.309. The monoisotopic (exact) mass is 387 g/mol. The number of aromatic nitrogens is 1. The van der Waals surface area contributed by atoms with Crippen molar-refractivity contribution < 1.29 is 14.3 Å². The van der Waals surface area contributed by atoms with Gasteiger partial charge in [-0.3, -0.25) is 10.2 Å². The molecule has 0 bridgehead atoms. The van der Waals surface area contributed by atoms with Crippen LogP contribution in [0.5, 0.6) is 5.75 Å². The van der Waals surface area contributed by atoms with Crippen molar-refractivity contribution in [1.29, 1.82) is 0 Å². The number of ether oxygens (including phenoxy) is 2. The highest BCUT2D eigenvalue weighted by molar-refractivity contribution is 7.13. The molecule has 2 aromatic rings. The van der Waals surface area contributed by atoms with Gasteiger partial charge in [0.2, 0.25) is 5.13 Å². The van der Waals surface area contributed by atoms with E-state index >= 15 is 0 Å². The van der Waals surface area contributed by atoms with Crippen molar-refractivity contribution >= 4 is 51.9 Å². The van der Waals surface area contributed by atoms with Crippen molar-refractivity contribution in [2.75, 3.05) is 19.1 Å². The van der Waals surface area contributed by atoms with Gasteiger partial charge in [-0.25, -0.2) is 4.98 Å². The van der Waals surface area contributed by atoms with E-state index in [1.54, 1.807) is 24.4 Å². The Kier molecular flexibility index (Phi) is 6.84. The predicted molar refractivity (Wildman–Crippen MR) is 96.7 cm³/mol. The number of hydrogen-bond acceptors (Lipinski definition) is 7. The molecule has 0 aliphatic rings. The molecule has 0 aliphatic heterocycles. The van der Waals surface area contributed by atoms with Gasteiger partial charge in [0.25, 0.3) is 0 Å². The van der Waals surface area contributed by atoms with Crippen LogP contribution in [0, 0.1) is 0 Å². The average Bonchev–Trinajstić information content (AvgIpc) is 2.94. The summed E-state index contributed by atoms with van der Waals surface area (Å²) in [4.78, 5) is 15.7. The Morgan fingerprint density at radius 3 is 2.96 bits per heavy atom. The SMILES string of the molecule is CCOC(=O)Cc1csc(NN=Cc2cc(Cl)cc(Cl)c2OC)n1. The van der Waals surface area contributed by atoms with E-state index < -0.39 is 0 Å². The molecule has 0 aliphatic carbocycles. The van der Waals surface area contributed by atoms with Gasteiger partial charge in [-0.15, -0.1) is 11.3 Å². The van der Waals surface area contributed by atoms with Crippen molar-refractivity contribution in [2.45, 2.75) is 13.3 Å². The van der Waals surface area contributed by atoms with Crippen molar-refractivity contribution in [3.8, 4) is 5.75 Å². The normalized spacial score (nSPS) is 10.8. The highest BCUT2D eigenvalue weighted by Gasteiger charge is 2.09. The van der Waals surface area contributed by atoms with Gasteiger partial charge in [0, 0.05) is 16.0 Å². The summed E-state index contributed by atoms with van der Waals surface area (Å²) in [5.41, 5.74) is 4.05. The number of thiazole rings is 1. The van der Waals surface area contributed by atoms with E-state index in [1.165, 1.54) is 24.7 Å². The van der Waals surface area contributed by atoms with Gasteiger partial charge in [-0.2, -0.15) is 5.10 Å². The number of carbonyl (C=O) groups is 1. The molecule has 128 valence electrons. The zero-order valence-corrected chi connectivity index (χ0v) is 15.3. The second kappa shape index (κ2) is 8.86. The molecular formula is C15H15Cl2N3O3S. The lowest BCUT2D eigenvalue weighted by atomic mass is 10.2. The fourth-order valence-electron chi connectivity index (χ4n) is 1.85. The predicted octanol–water partition coefficient (Wildman–Crippen LogP) is 4.01. The summed E-state index contributed by atoms with van der Waals surface area (Å²) in [5.74, 6) is 0.171. The quantitative estimate of drug-likeness (QED) is 0.441. The maximum Gasteiger partial charge on any atom is 0.311 e. The van der Waals surface area contributed by atoms with Gasteiger partial charge < -0.3 is 9.47 Å². The van der Waals surface area contributed by atoms with E-state index in [-0.39, 0.29) is 12.4 Å². The van der Waals surface area contributed by atoms with Gasteiger partial charge in [-0.05, 0) is 19.1 Å². The van der Waals surface area contributed by atoms with Crippen molar-refractivity contribution in [3.05, 3.63) is 38.8 Å². The number of rotatable bonds is 7. The zero-order valence-electron chi connectivity index (χ0n) is 13.0. The average molecular weight is 388 g/mol. The minimum Gasteiger partial charge on any atom is -0.495 e. The van der Waals surface area contributed by atoms with Crippen molar-refractivity contribution in [3.63, 3.8) is 0 Å². The van der Waals surface area contributed by atoms with E-state index in [2.05, 4.69) is 15.5 Å². The third-order valence-electron chi connectivity index (χ3n) is 2.79. The second-order valence-corrected chi connectivity index (χ2v) is 6.21. The van der Waals surface area contributed by atoms with E-state index in [0.29, 0.717) is 38.8 Å². The smallest absolute Gasteiger partial charge is 0.311 e. The first-order chi connectivity index (χ1) is 11.5. The van der Waals surface area contributed by atoms with E-state index in [4.69, 9.17) is 32.7 Å². The number of hydrogen-bond donors (Lipinski definition) is 1. The largest absolute Gasteiger partial charge is 0.495 e. The van der Waals surface area contributed by atoms with Crippen LogP contribution in [0.1, 0.15) is 18.2 Å². The first kappa shape index (κ1) is 18.5. The van der Waals surface area contributed by atoms with Crippen LogP contribution in [0.4, 0.5) is 5.13 Å². The number of anilines is 1. The standard InChI is InChI=1S/C15H15Cl2N3O3S/c1-3-23-13(21)6-11-8-24-15(19-11)20-18-7-9-4-10(16)5-12(17)14(9)22-2/h4-5,7-8H,3,6H2,1-2H3,(H,19,20). The number of nitrogens with one attached hydrogen (secondary N) is 1. The highest BCUT2D eigenvalue weighted by Crippen LogP contribution is 2.31. The Morgan fingerprint density at radius 1 is 1.46 bits per heavy atom. The lowest BCUT2D eigenvalue weighted by molar-refractivity contribution is -0.142. The zero-order chi connectivity index (χ0) is 17.5. The summed E-state index contributed by atoms with van der Waals surface area (Å²) in [5, 5.41) is 7.29. The van der Waals surface area contributed by atoms with Crippen LogP contribution >= 0.6 is 34.5 Å². The molecule has 0 atom stereocenters. The van der Waals surface area contributed by atoms with Crippen LogP contribution in [-0.4, -0.2) is 30.9 Å². The highest BCUT2D eigenvalue weighted by atomic mass is 35.5. The van der Waals surface area contributed by atoms with Gasteiger partial charge in [0.1, 0.15) is 5.75 Å². The molecule has 0 amide bonds. The van der Waals surface area contributed by atoms with Gasteiger partial charge in [0.15, 0.2) is 0 Å². The molecule has 0 saturated heterocycles. The fraction of sp³-hybridized carbons (Fsp3) is 0.267. The lowest BCUT2D eigenvalue weighted by Gasteiger charge is -2.07. The van der Waals surface area contributed by atoms with E-state index in [9.17, 15) is 4.79 Å². The van der Waals surface area contributed by atoms with E-state index in [0.717, 1.165) is 0 Å². The lowest BCUT2D eigenvalue weighted by Crippen LogP contribution is -2.07. The van der Waals surface area contributed by atoms with E-state index in [1.807, 2.05) is 0 Å². The molecule has 1 aromatic heterocycles. The first-order valence-electron chi connectivity index (χ1n) is 6.95. The Labute approximate surface area is 153 Å². The number of nitrogens with zero attached hydrogens (tertiary/aromatic N) is 2. The topological polar surface area (TPSA) is 72.8 Å². The summed E-state index contributed by atoms with van der Waals surface area (Å²) in [6.07, 6.45) is 1.66. The summed E-state index contributed by atoms with van der Waals surface area (Å²) >= 11 is 13.4. The molecule has 1 N–H and O–H groups in total. The van der Waals surface area contributed by atoms with Crippen LogP contribution in [0.25, 0.3) is 0 Å². The molecule has 0 unspecified atom stereocenters.